The van der Waals surface area contributed by atoms with E-state index in [1.54, 1.807) is 12.1 Å². The molecule has 1 aromatic carbocycles. The van der Waals surface area contributed by atoms with E-state index >= 15 is 0 Å². The molecule has 1 saturated carbocycles. The fourth-order valence-corrected chi connectivity index (χ4v) is 2.28. The van der Waals surface area contributed by atoms with E-state index in [-0.39, 0.29) is 18.0 Å². The standard InChI is InChI=1S/C16H24FNO2/c1-12-4-7-14(17)15(10-12)20-9-3-8-16(2,11-19)18-13-5-6-13/h4,7,10,13,18-19H,3,5-6,8-9,11H2,1-2H3. The monoisotopic (exact) mass is 281 g/mol. The molecular weight excluding hydrogens is 257 g/mol. The maximum Gasteiger partial charge on any atom is 0.165 e. The van der Waals surface area contributed by atoms with Crippen LogP contribution in [0, 0.1) is 12.7 Å². The number of nitrogens with one attached hydrogen (secondary N) is 1. The lowest BCUT2D eigenvalue weighted by molar-refractivity contribution is 0.153. The predicted octanol–water partition coefficient (Wildman–Crippen LogP) is 2.80. The number of aliphatic hydroxyl groups excluding tert-OH is 1. The Morgan fingerprint density at radius 2 is 2.20 bits per heavy atom. The second-order valence-corrected chi connectivity index (χ2v) is 6.02. The summed E-state index contributed by atoms with van der Waals surface area (Å²) in [5.74, 6) is -0.0116. The van der Waals surface area contributed by atoms with Gasteiger partial charge in [-0.05, 0) is 57.2 Å². The molecule has 112 valence electrons. The molecule has 1 aliphatic carbocycles. The van der Waals surface area contributed by atoms with Crippen LogP contribution in [0.4, 0.5) is 4.39 Å². The molecule has 0 bridgehead atoms. The van der Waals surface area contributed by atoms with Gasteiger partial charge >= 0.3 is 0 Å². The van der Waals surface area contributed by atoms with Gasteiger partial charge in [0.15, 0.2) is 11.6 Å². The third kappa shape index (κ3) is 4.46. The Hall–Kier alpha value is -1.13. The summed E-state index contributed by atoms with van der Waals surface area (Å²) in [6, 6.07) is 5.42. The zero-order chi connectivity index (χ0) is 14.6. The van der Waals surface area contributed by atoms with Crippen LogP contribution in [0.25, 0.3) is 0 Å². The molecule has 4 heteroatoms. The van der Waals surface area contributed by atoms with E-state index in [4.69, 9.17) is 4.74 Å². The highest BCUT2D eigenvalue weighted by Crippen LogP contribution is 2.25. The SMILES string of the molecule is Cc1ccc(F)c(OCCCC(C)(CO)NC2CC2)c1. The average molecular weight is 281 g/mol. The Kier molecular flexibility index (Phi) is 5.00. The van der Waals surface area contributed by atoms with Crippen molar-refractivity contribution in [3.05, 3.63) is 29.6 Å². The Bertz CT molecular complexity index is 448. The lowest BCUT2D eigenvalue weighted by atomic mass is 9.97. The van der Waals surface area contributed by atoms with Gasteiger partial charge in [0.05, 0.1) is 13.2 Å². The summed E-state index contributed by atoms with van der Waals surface area (Å²) in [5.41, 5.74) is 0.729. The van der Waals surface area contributed by atoms with E-state index in [1.165, 1.54) is 18.9 Å². The van der Waals surface area contributed by atoms with E-state index in [2.05, 4.69) is 5.32 Å². The van der Waals surface area contributed by atoms with Gasteiger partial charge in [0, 0.05) is 11.6 Å². The van der Waals surface area contributed by atoms with Crippen LogP contribution >= 0.6 is 0 Å². The zero-order valence-corrected chi connectivity index (χ0v) is 12.3. The first kappa shape index (κ1) is 15.3. The maximum atomic E-state index is 13.5. The number of aliphatic hydroxyl groups is 1. The second-order valence-electron chi connectivity index (χ2n) is 6.02. The van der Waals surface area contributed by atoms with Crippen LogP contribution in [0.15, 0.2) is 18.2 Å². The van der Waals surface area contributed by atoms with E-state index in [9.17, 15) is 9.50 Å². The molecule has 0 saturated heterocycles. The van der Waals surface area contributed by atoms with Gasteiger partial charge in [0.1, 0.15) is 0 Å². The summed E-state index contributed by atoms with van der Waals surface area (Å²) in [6.07, 6.45) is 3.98. The Morgan fingerprint density at radius 1 is 1.45 bits per heavy atom. The van der Waals surface area contributed by atoms with Crippen LogP contribution in [-0.4, -0.2) is 29.9 Å². The topological polar surface area (TPSA) is 41.5 Å². The second kappa shape index (κ2) is 6.55. The fourth-order valence-electron chi connectivity index (χ4n) is 2.28. The van der Waals surface area contributed by atoms with Crippen LogP contribution in [-0.2, 0) is 0 Å². The lowest BCUT2D eigenvalue weighted by Crippen LogP contribution is -2.47. The third-order valence-electron chi connectivity index (χ3n) is 3.70. The minimum Gasteiger partial charge on any atom is -0.491 e. The van der Waals surface area contributed by atoms with Crippen molar-refractivity contribution in [3.63, 3.8) is 0 Å². The highest BCUT2D eigenvalue weighted by atomic mass is 19.1. The van der Waals surface area contributed by atoms with Gasteiger partial charge in [-0.15, -0.1) is 0 Å². The van der Waals surface area contributed by atoms with Gasteiger partial charge in [-0.3, -0.25) is 0 Å². The average Bonchev–Trinajstić information content (AvgIpc) is 3.22. The molecule has 0 radical (unpaired) electrons. The summed E-state index contributed by atoms with van der Waals surface area (Å²) in [6.45, 7) is 4.51. The van der Waals surface area contributed by atoms with Gasteiger partial charge in [0.25, 0.3) is 0 Å². The molecule has 0 aliphatic heterocycles. The molecule has 0 spiro atoms. The van der Waals surface area contributed by atoms with Crippen molar-refractivity contribution in [2.24, 2.45) is 0 Å². The number of hydrogen-bond acceptors (Lipinski definition) is 3. The molecule has 2 N–H and O–H groups in total. The largest absolute Gasteiger partial charge is 0.491 e. The fraction of sp³-hybridized carbons (Fsp3) is 0.625. The third-order valence-corrected chi connectivity index (χ3v) is 3.70. The van der Waals surface area contributed by atoms with Gasteiger partial charge < -0.3 is 15.2 Å². The molecule has 0 aromatic heterocycles. The van der Waals surface area contributed by atoms with Crippen LogP contribution in [0.3, 0.4) is 0 Å². The molecule has 20 heavy (non-hydrogen) atoms. The zero-order valence-electron chi connectivity index (χ0n) is 12.3. The minimum atomic E-state index is -0.323. The smallest absolute Gasteiger partial charge is 0.165 e. The van der Waals surface area contributed by atoms with Crippen LogP contribution in [0.2, 0.25) is 0 Å². The number of halogens is 1. The Morgan fingerprint density at radius 3 is 2.85 bits per heavy atom. The summed E-state index contributed by atoms with van der Waals surface area (Å²) >= 11 is 0. The lowest BCUT2D eigenvalue weighted by Gasteiger charge is -2.29. The summed E-state index contributed by atoms with van der Waals surface area (Å²) in [7, 11) is 0. The summed E-state index contributed by atoms with van der Waals surface area (Å²) in [4.78, 5) is 0. The number of benzene rings is 1. The summed E-state index contributed by atoms with van der Waals surface area (Å²) < 4.78 is 19.0. The quantitative estimate of drug-likeness (QED) is 0.720. The molecule has 1 aromatic rings. The number of ether oxygens (including phenoxy) is 1. The van der Waals surface area contributed by atoms with Crippen molar-refractivity contribution in [3.8, 4) is 5.75 Å². The number of aryl methyl sites for hydroxylation is 1. The van der Waals surface area contributed by atoms with E-state index in [0.717, 1.165) is 18.4 Å². The number of rotatable bonds is 8. The molecule has 1 atom stereocenters. The Balaban J connectivity index is 1.76. The number of hydrogen-bond donors (Lipinski definition) is 2. The van der Waals surface area contributed by atoms with Crippen molar-refractivity contribution in [1.82, 2.24) is 5.32 Å². The molecule has 1 aliphatic rings. The normalized spacial score (nSPS) is 17.8. The minimum absolute atomic E-state index is 0.113. The highest BCUT2D eigenvalue weighted by molar-refractivity contribution is 5.29. The van der Waals surface area contributed by atoms with Crippen molar-refractivity contribution < 1.29 is 14.2 Å². The first-order chi connectivity index (χ1) is 9.52. The first-order valence-electron chi connectivity index (χ1n) is 7.30. The van der Waals surface area contributed by atoms with Crippen molar-refractivity contribution in [2.75, 3.05) is 13.2 Å². The molecular formula is C16H24FNO2. The van der Waals surface area contributed by atoms with Crippen molar-refractivity contribution in [1.29, 1.82) is 0 Å². The molecule has 3 nitrogen and oxygen atoms in total. The predicted molar refractivity (Wildman–Crippen MR) is 77.5 cm³/mol. The first-order valence-corrected chi connectivity index (χ1v) is 7.30. The van der Waals surface area contributed by atoms with Crippen molar-refractivity contribution >= 4 is 0 Å². The van der Waals surface area contributed by atoms with Gasteiger partial charge in [0.2, 0.25) is 0 Å². The van der Waals surface area contributed by atoms with Gasteiger partial charge in [-0.25, -0.2) is 4.39 Å². The van der Waals surface area contributed by atoms with Crippen molar-refractivity contribution in [2.45, 2.75) is 51.1 Å². The van der Waals surface area contributed by atoms with E-state index in [0.29, 0.717) is 18.4 Å². The maximum absolute atomic E-state index is 13.5. The summed E-state index contributed by atoms with van der Waals surface area (Å²) in [5, 5.41) is 13.0. The van der Waals surface area contributed by atoms with E-state index in [1.807, 2.05) is 13.8 Å². The van der Waals surface area contributed by atoms with E-state index < -0.39 is 0 Å². The molecule has 2 rings (SSSR count). The van der Waals surface area contributed by atoms with Crippen LogP contribution < -0.4 is 10.1 Å². The van der Waals surface area contributed by atoms with Gasteiger partial charge in [-0.1, -0.05) is 6.07 Å². The van der Waals surface area contributed by atoms with Gasteiger partial charge in [-0.2, -0.15) is 0 Å². The Labute approximate surface area is 120 Å². The molecule has 1 unspecified atom stereocenters. The molecule has 0 amide bonds. The molecule has 0 heterocycles. The van der Waals surface area contributed by atoms with Crippen LogP contribution in [0.1, 0.15) is 38.2 Å². The van der Waals surface area contributed by atoms with Crippen LogP contribution in [0.5, 0.6) is 5.75 Å². The highest BCUT2D eigenvalue weighted by Gasteiger charge is 2.31. The molecule has 1 fully saturated rings.